The molecule has 0 spiro atoms. The number of carbonyl (C=O) groups is 1. The molecule has 2 unspecified atom stereocenters. The zero-order chi connectivity index (χ0) is 20.6. The van der Waals surface area contributed by atoms with Crippen molar-refractivity contribution in [3.63, 3.8) is 0 Å². The summed E-state index contributed by atoms with van der Waals surface area (Å²) in [6, 6.07) is 3.87. The van der Waals surface area contributed by atoms with Gasteiger partial charge in [-0.15, -0.1) is 0 Å². The number of thioether (sulfide) groups is 1. The molecule has 0 bridgehead atoms. The molecule has 1 heterocycles. The number of hydrogen-bond acceptors (Lipinski definition) is 5. The number of alkyl halides is 3. The average molecular weight is 425 g/mol. The molecule has 1 aromatic rings. The third-order valence-corrected chi connectivity index (χ3v) is 7.25. The fourth-order valence-corrected chi connectivity index (χ4v) is 5.71. The number of nitrogens with zero attached hydrogens (tertiary/aromatic N) is 1. The molecule has 0 N–H and O–H groups in total. The third kappa shape index (κ3) is 3.90. The summed E-state index contributed by atoms with van der Waals surface area (Å²) in [5, 5.41) is 12.1. The highest BCUT2D eigenvalue weighted by molar-refractivity contribution is 7.98. The van der Waals surface area contributed by atoms with Gasteiger partial charge in [-0.2, -0.15) is 33.0 Å². The number of carboxylic acid groups (broad SMARTS) is 1. The van der Waals surface area contributed by atoms with Gasteiger partial charge < -0.3 is 9.90 Å². The van der Waals surface area contributed by atoms with E-state index in [9.17, 15) is 27.3 Å². The fraction of sp³-hybridized carbons (Fsp3) is 0.588. The van der Waals surface area contributed by atoms with Crippen LogP contribution in [0.3, 0.4) is 0 Å². The molecule has 1 aliphatic heterocycles. The second kappa shape index (κ2) is 7.73. The van der Waals surface area contributed by atoms with E-state index in [-0.39, 0.29) is 6.61 Å². The number of rotatable bonds is 4. The molecular formula is C17H22F3NO4S2. The van der Waals surface area contributed by atoms with Crippen LogP contribution in [-0.4, -0.2) is 44.4 Å². The first-order valence-electron chi connectivity index (χ1n) is 8.19. The molecule has 152 valence electrons. The van der Waals surface area contributed by atoms with Gasteiger partial charge in [0.15, 0.2) is 0 Å². The largest absolute Gasteiger partial charge is 0.497 e. The molecule has 0 saturated carbocycles. The predicted octanol–water partition coefficient (Wildman–Crippen LogP) is 3.09. The van der Waals surface area contributed by atoms with Gasteiger partial charge in [0.2, 0.25) is 0 Å². The predicted molar refractivity (Wildman–Crippen MR) is 95.9 cm³/mol. The van der Waals surface area contributed by atoms with Gasteiger partial charge in [0.25, 0.3) is 6.09 Å². The van der Waals surface area contributed by atoms with Crippen molar-refractivity contribution in [1.29, 1.82) is 0 Å². The van der Waals surface area contributed by atoms with Crippen molar-refractivity contribution in [3.8, 4) is 0 Å². The Hall–Kier alpha value is -1.10. The Bertz CT molecular complexity index is 718. The molecule has 5 nitrogen and oxygen atoms in total. The first-order valence-corrected chi connectivity index (χ1v) is 10.6. The van der Waals surface area contributed by atoms with Crippen LogP contribution in [0.2, 0.25) is 0 Å². The molecular weight excluding hydrogens is 403 g/mol. The molecule has 0 aromatic heterocycles. The van der Waals surface area contributed by atoms with Crippen molar-refractivity contribution in [2.45, 2.75) is 44.4 Å². The molecule has 1 aliphatic rings. The quantitative estimate of drug-likeness (QED) is 0.694. The van der Waals surface area contributed by atoms with Crippen molar-refractivity contribution in [3.05, 3.63) is 35.4 Å². The van der Waals surface area contributed by atoms with Crippen LogP contribution in [0.4, 0.5) is 18.0 Å². The van der Waals surface area contributed by atoms with E-state index in [1.54, 1.807) is 20.8 Å². The molecule has 10 heteroatoms. The van der Waals surface area contributed by atoms with E-state index in [1.807, 2.05) is 6.26 Å². The Balaban J connectivity index is 2.55. The Labute approximate surface area is 163 Å². The zero-order valence-electron chi connectivity index (χ0n) is 15.4. The van der Waals surface area contributed by atoms with Gasteiger partial charge in [0.05, 0.1) is 5.56 Å². The number of hydrogen-bond donors (Lipinski definition) is 0. The maximum absolute atomic E-state index is 12.9. The van der Waals surface area contributed by atoms with Crippen LogP contribution in [0.1, 0.15) is 37.8 Å². The van der Waals surface area contributed by atoms with Crippen molar-refractivity contribution in [2.24, 2.45) is 0 Å². The Morgan fingerprint density at radius 1 is 1.33 bits per heavy atom. The standard InChI is InChI=1S/C17H22F3NO4S2/c1-16(2,3)21(15(22)23)14(9-25-27(21)24)13(10-26-4)11-5-7-12(8-6-11)17(18,19)20/h5-8,13-14H,9-10H2,1-4H3/t13-,14+,21?,27?/m0/s1. The minimum Gasteiger partial charge on any atom is -0.497 e. The maximum Gasteiger partial charge on any atom is 0.416 e. The summed E-state index contributed by atoms with van der Waals surface area (Å²) in [5.74, 6) is -0.0502. The maximum atomic E-state index is 12.9. The number of amides is 1. The van der Waals surface area contributed by atoms with Crippen LogP contribution in [0, 0.1) is 0 Å². The summed E-state index contributed by atoms with van der Waals surface area (Å²) in [4.78, 5) is 12.1. The monoisotopic (exact) mass is 425 g/mol. The SMILES string of the molecule is CSC[C@@H](c1ccc(C(F)(F)F)cc1)[C@H]1COS(=O)[N+]1(C(=O)[O-])C(C)(C)C. The first-order chi connectivity index (χ1) is 12.4. The lowest BCUT2D eigenvalue weighted by atomic mass is 9.89. The minimum atomic E-state index is -4.46. The molecule has 4 atom stereocenters. The van der Waals surface area contributed by atoms with Crippen LogP contribution in [-0.2, 0) is 21.6 Å². The van der Waals surface area contributed by atoms with Crippen LogP contribution in [0.15, 0.2) is 24.3 Å². The summed E-state index contributed by atoms with van der Waals surface area (Å²) in [7, 11) is 0. The van der Waals surface area contributed by atoms with Crippen LogP contribution in [0.25, 0.3) is 0 Å². The Kier molecular flexibility index (Phi) is 6.35. The minimum absolute atomic E-state index is 0.0931. The van der Waals surface area contributed by atoms with Crippen LogP contribution >= 0.6 is 11.8 Å². The van der Waals surface area contributed by atoms with E-state index in [0.29, 0.717) is 11.3 Å². The lowest BCUT2D eigenvalue weighted by Gasteiger charge is -2.46. The van der Waals surface area contributed by atoms with Gasteiger partial charge in [0, 0.05) is 11.7 Å². The Morgan fingerprint density at radius 2 is 1.89 bits per heavy atom. The summed E-state index contributed by atoms with van der Waals surface area (Å²) in [5.41, 5.74) is -1.25. The molecule has 2 rings (SSSR count). The summed E-state index contributed by atoms with van der Waals surface area (Å²) in [6.07, 6.45) is -4.17. The molecule has 1 fully saturated rings. The molecule has 1 saturated heterocycles. The smallest absolute Gasteiger partial charge is 0.416 e. The van der Waals surface area contributed by atoms with Crippen molar-refractivity contribution < 1.29 is 35.4 Å². The lowest BCUT2D eigenvalue weighted by molar-refractivity contribution is -0.822. The van der Waals surface area contributed by atoms with E-state index in [0.717, 1.165) is 12.1 Å². The van der Waals surface area contributed by atoms with E-state index >= 15 is 0 Å². The van der Waals surface area contributed by atoms with Crippen LogP contribution < -0.4 is 5.11 Å². The Morgan fingerprint density at radius 3 is 2.30 bits per heavy atom. The van der Waals surface area contributed by atoms with E-state index in [2.05, 4.69) is 0 Å². The van der Waals surface area contributed by atoms with E-state index in [4.69, 9.17) is 4.18 Å². The summed E-state index contributed by atoms with van der Waals surface area (Å²) >= 11 is -0.754. The van der Waals surface area contributed by atoms with Gasteiger partial charge in [-0.05, 0) is 44.7 Å². The molecule has 0 radical (unpaired) electrons. The van der Waals surface area contributed by atoms with Crippen molar-refractivity contribution in [1.82, 2.24) is 0 Å². The number of quaternary nitrogens is 1. The van der Waals surface area contributed by atoms with Gasteiger partial charge in [-0.3, -0.25) is 0 Å². The summed E-state index contributed by atoms with van der Waals surface area (Å²) < 4.78 is 55.5. The third-order valence-electron chi connectivity index (χ3n) is 4.79. The second-order valence-electron chi connectivity index (χ2n) is 7.35. The topological polar surface area (TPSA) is 66.4 Å². The fourth-order valence-electron chi connectivity index (χ4n) is 3.52. The number of halogens is 3. The first kappa shape index (κ1) is 22.2. The van der Waals surface area contributed by atoms with Gasteiger partial charge >= 0.3 is 17.4 Å². The number of benzene rings is 1. The second-order valence-corrected chi connectivity index (χ2v) is 9.50. The average Bonchev–Trinajstić information content (AvgIpc) is 2.89. The number of carbonyl (C=O) groups excluding carboxylic acids is 1. The highest BCUT2D eigenvalue weighted by Gasteiger charge is 2.62. The van der Waals surface area contributed by atoms with Gasteiger partial charge in [0.1, 0.15) is 18.2 Å². The van der Waals surface area contributed by atoms with Gasteiger partial charge in [-0.25, -0.2) is 4.18 Å². The molecule has 0 aliphatic carbocycles. The van der Waals surface area contributed by atoms with E-state index < -0.39 is 50.5 Å². The molecule has 1 aromatic carbocycles. The highest BCUT2D eigenvalue weighted by Crippen LogP contribution is 2.43. The zero-order valence-corrected chi connectivity index (χ0v) is 17.0. The highest BCUT2D eigenvalue weighted by atomic mass is 32.2. The van der Waals surface area contributed by atoms with Crippen LogP contribution in [0.5, 0.6) is 0 Å². The molecule has 27 heavy (non-hydrogen) atoms. The van der Waals surface area contributed by atoms with Crippen molar-refractivity contribution >= 4 is 29.1 Å². The van der Waals surface area contributed by atoms with E-state index in [1.165, 1.54) is 23.9 Å². The normalized spacial score (nSPS) is 27.5. The summed E-state index contributed by atoms with van der Waals surface area (Å²) in [6.45, 7) is 4.80. The lowest BCUT2D eigenvalue weighted by Crippen LogP contribution is -2.71. The van der Waals surface area contributed by atoms with Crippen molar-refractivity contribution in [2.75, 3.05) is 18.6 Å². The molecule has 1 amide bonds. The van der Waals surface area contributed by atoms with Gasteiger partial charge in [-0.1, -0.05) is 12.1 Å².